The minimum Gasteiger partial charge on any atom is -0.445 e. The number of likely N-dealkylation sites (tertiary alicyclic amines) is 1. The quantitative estimate of drug-likeness (QED) is 0.711. The average molecular weight is 362 g/mol. The van der Waals surface area contributed by atoms with E-state index in [1.807, 2.05) is 66.7 Å². The van der Waals surface area contributed by atoms with Crippen LogP contribution in [-0.2, 0) is 11.3 Å². The zero-order chi connectivity index (χ0) is 18.5. The molecule has 0 radical (unpaired) electrons. The molecule has 3 aromatic rings. The number of H-pyrrole nitrogens is 1. The van der Waals surface area contributed by atoms with Crippen molar-refractivity contribution in [2.75, 3.05) is 18.4 Å². The van der Waals surface area contributed by atoms with Gasteiger partial charge in [0.2, 0.25) is 0 Å². The Bertz CT molecular complexity index is 879. The molecule has 1 fully saturated rings. The fraction of sp³-hybridized carbons (Fsp3) is 0.238. The van der Waals surface area contributed by atoms with Crippen LogP contribution in [0.2, 0.25) is 0 Å². The molecule has 6 nitrogen and oxygen atoms in total. The van der Waals surface area contributed by atoms with Crippen LogP contribution in [-0.4, -0.2) is 34.3 Å². The zero-order valence-corrected chi connectivity index (χ0v) is 15.0. The molecule has 2 heterocycles. The van der Waals surface area contributed by atoms with Crippen LogP contribution in [0.4, 0.5) is 16.3 Å². The number of nitrogens with zero attached hydrogens (tertiary/aromatic N) is 2. The molecule has 0 spiro atoms. The summed E-state index contributed by atoms with van der Waals surface area (Å²) in [7, 11) is 0. The number of hydrogen-bond donors (Lipinski definition) is 2. The second-order valence-electron chi connectivity index (χ2n) is 6.67. The highest BCUT2D eigenvalue weighted by Crippen LogP contribution is 2.28. The Labute approximate surface area is 158 Å². The molecular formula is C21H22N4O2. The minimum atomic E-state index is -0.264. The summed E-state index contributed by atoms with van der Waals surface area (Å²) < 4.78 is 5.43. The van der Waals surface area contributed by atoms with Gasteiger partial charge in [0.1, 0.15) is 12.4 Å². The van der Waals surface area contributed by atoms with Gasteiger partial charge in [-0.1, -0.05) is 48.5 Å². The van der Waals surface area contributed by atoms with Crippen LogP contribution in [0.1, 0.15) is 23.6 Å². The summed E-state index contributed by atoms with van der Waals surface area (Å²) in [6, 6.07) is 21.7. The van der Waals surface area contributed by atoms with Crippen LogP contribution in [0.3, 0.4) is 0 Å². The smallest absolute Gasteiger partial charge is 0.410 e. The zero-order valence-electron chi connectivity index (χ0n) is 15.0. The lowest BCUT2D eigenvalue weighted by atomic mass is 10.1. The Balaban J connectivity index is 1.31. The van der Waals surface area contributed by atoms with Crippen LogP contribution in [0.5, 0.6) is 0 Å². The number of carbonyl (C=O) groups is 1. The molecule has 1 unspecified atom stereocenters. The number of para-hydroxylation sites is 1. The molecule has 0 bridgehead atoms. The van der Waals surface area contributed by atoms with E-state index in [1.54, 1.807) is 4.90 Å². The molecule has 2 N–H and O–H groups in total. The Morgan fingerprint density at radius 2 is 1.89 bits per heavy atom. The number of amides is 1. The van der Waals surface area contributed by atoms with Gasteiger partial charge in [-0.05, 0) is 24.1 Å². The summed E-state index contributed by atoms with van der Waals surface area (Å²) in [5.41, 5.74) is 2.96. The SMILES string of the molecule is O=C(OCc1ccccc1)N1CCC(c2cc(Nc3ccccc3)[nH]n2)C1. The van der Waals surface area contributed by atoms with E-state index in [2.05, 4.69) is 15.5 Å². The van der Waals surface area contributed by atoms with Gasteiger partial charge in [0, 0.05) is 30.8 Å². The van der Waals surface area contributed by atoms with Gasteiger partial charge in [-0.2, -0.15) is 5.10 Å². The Morgan fingerprint density at radius 1 is 1.15 bits per heavy atom. The number of anilines is 2. The molecule has 1 amide bonds. The van der Waals surface area contributed by atoms with Crippen molar-refractivity contribution in [2.24, 2.45) is 0 Å². The maximum Gasteiger partial charge on any atom is 0.410 e. The molecular weight excluding hydrogens is 340 g/mol. The van der Waals surface area contributed by atoms with Crippen LogP contribution < -0.4 is 5.32 Å². The summed E-state index contributed by atoms with van der Waals surface area (Å²) in [4.78, 5) is 14.1. The van der Waals surface area contributed by atoms with Crippen LogP contribution in [0, 0.1) is 0 Å². The highest BCUT2D eigenvalue weighted by Gasteiger charge is 2.29. The molecule has 2 aromatic carbocycles. The first-order valence-electron chi connectivity index (χ1n) is 9.11. The van der Waals surface area contributed by atoms with Gasteiger partial charge in [-0.3, -0.25) is 5.10 Å². The first kappa shape index (κ1) is 17.1. The van der Waals surface area contributed by atoms with E-state index in [0.29, 0.717) is 19.7 Å². The summed E-state index contributed by atoms with van der Waals surface area (Å²) in [6.07, 6.45) is 0.621. The van der Waals surface area contributed by atoms with Gasteiger partial charge < -0.3 is 15.0 Å². The van der Waals surface area contributed by atoms with E-state index in [0.717, 1.165) is 29.2 Å². The largest absolute Gasteiger partial charge is 0.445 e. The number of benzene rings is 2. The number of rotatable bonds is 5. The molecule has 1 atom stereocenters. The van der Waals surface area contributed by atoms with Crippen molar-refractivity contribution in [1.29, 1.82) is 0 Å². The molecule has 1 saturated heterocycles. The van der Waals surface area contributed by atoms with Crippen molar-refractivity contribution in [3.63, 3.8) is 0 Å². The summed E-state index contributed by atoms with van der Waals surface area (Å²) in [5.74, 6) is 1.07. The van der Waals surface area contributed by atoms with Crippen molar-refractivity contribution in [3.8, 4) is 0 Å². The van der Waals surface area contributed by atoms with Crippen molar-refractivity contribution >= 4 is 17.6 Å². The third-order valence-electron chi connectivity index (χ3n) is 4.72. The van der Waals surface area contributed by atoms with E-state index < -0.39 is 0 Å². The normalized spacial score (nSPS) is 16.3. The van der Waals surface area contributed by atoms with Crippen molar-refractivity contribution in [2.45, 2.75) is 18.9 Å². The number of nitrogens with one attached hydrogen (secondary N) is 2. The van der Waals surface area contributed by atoms with E-state index in [-0.39, 0.29) is 12.0 Å². The molecule has 4 rings (SSSR count). The van der Waals surface area contributed by atoms with Crippen LogP contribution in [0.15, 0.2) is 66.7 Å². The van der Waals surface area contributed by atoms with E-state index in [4.69, 9.17) is 4.74 Å². The monoisotopic (exact) mass is 362 g/mol. The summed E-state index contributed by atoms with van der Waals surface area (Å²) in [6.45, 7) is 1.62. The van der Waals surface area contributed by atoms with Crippen molar-refractivity contribution < 1.29 is 9.53 Å². The topological polar surface area (TPSA) is 70.2 Å². The maximum atomic E-state index is 12.3. The number of aromatic amines is 1. The van der Waals surface area contributed by atoms with E-state index >= 15 is 0 Å². The molecule has 6 heteroatoms. The first-order valence-corrected chi connectivity index (χ1v) is 9.11. The predicted octanol–water partition coefficient (Wildman–Crippen LogP) is 4.28. The number of aromatic nitrogens is 2. The lowest BCUT2D eigenvalue weighted by Crippen LogP contribution is -2.29. The summed E-state index contributed by atoms with van der Waals surface area (Å²) >= 11 is 0. The van der Waals surface area contributed by atoms with Crippen molar-refractivity contribution in [3.05, 3.63) is 78.0 Å². The van der Waals surface area contributed by atoms with Gasteiger partial charge in [0.25, 0.3) is 0 Å². The van der Waals surface area contributed by atoms with Gasteiger partial charge in [-0.25, -0.2) is 4.79 Å². The second-order valence-corrected chi connectivity index (χ2v) is 6.67. The molecule has 0 aliphatic carbocycles. The third-order valence-corrected chi connectivity index (χ3v) is 4.72. The molecule has 1 aromatic heterocycles. The predicted molar refractivity (Wildman–Crippen MR) is 104 cm³/mol. The molecule has 27 heavy (non-hydrogen) atoms. The van der Waals surface area contributed by atoms with E-state index in [1.165, 1.54) is 0 Å². The number of carbonyl (C=O) groups excluding carboxylic acids is 1. The van der Waals surface area contributed by atoms with E-state index in [9.17, 15) is 4.79 Å². The minimum absolute atomic E-state index is 0.219. The van der Waals surface area contributed by atoms with Gasteiger partial charge in [0.15, 0.2) is 0 Å². The number of hydrogen-bond acceptors (Lipinski definition) is 4. The van der Waals surface area contributed by atoms with Gasteiger partial charge in [-0.15, -0.1) is 0 Å². The lowest BCUT2D eigenvalue weighted by molar-refractivity contribution is 0.104. The molecule has 0 saturated carbocycles. The fourth-order valence-electron chi connectivity index (χ4n) is 3.27. The second kappa shape index (κ2) is 7.95. The standard InChI is InChI=1S/C21H22N4O2/c26-21(27-15-16-7-3-1-4-8-16)25-12-11-17(14-25)19-13-20(24-23-19)22-18-9-5-2-6-10-18/h1-10,13,17H,11-12,14-15H2,(H2,22,23,24). The molecule has 1 aliphatic rings. The molecule has 138 valence electrons. The molecule has 1 aliphatic heterocycles. The fourth-order valence-corrected chi connectivity index (χ4v) is 3.27. The Hall–Kier alpha value is -3.28. The third kappa shape index (κ3) is 4.28. The first-order chi connectivity index (χ1) is 13.3. The van der Waals surface area contributed by atoms with Crippen LogP contribution in [0.25, 0.3) is 0 Å². The lowest BCUT2D eigenvalue weighted by Gasteiger charge is -2.16. The maximum absolute atomic E-state index is 12.3. The highest BCUT2D eigenvalue weighted by atomic mass is 16.6. The average Bonchev–Trinajstić information content (AvgIpc) is 3.37. The Kier molecular flexibility index (Phi) is 5.05. The van der Waals surface area contributed by atoms with Crippen LogP contribution >= 0.6 is 0 Å². The van der Waals surface area contributed by atoms with Gasteiger partial charge >= 0.3 is 6.09 Å². The highest BCUT2D eigenvalue weighted by molar-refractivity contribution is 5.68. The number of ether oxygens (including phenoxy) is 1. The Morgan fingerprint density at radius 3 is 2.67 bits per heavy atom. The van der Waals surface area contributed by atoms with Crippen molar-refractivity contribution in [1.82, 2.24) is 15.1 Å². The summed E-state index contributed by atoms with van der Waals surface area (Å²) in [5, 5.41) is 10.7. The van der Waals surface area contributed by atoms with Gasteiger partial charge in [0.05, 0.1) is 5.69 Å².